The van der Waals surface area contributed by atoms with Crippen molar-refractivity contribution < 1.29 is 31.1 Å². The molecular formula is C17H11F6N3OS. The van der Waals surface area contributed by atoms with Crippen LogP contribution in [0.4, 0.5) is 37.7 Å². The predicted octanol–water partition coefficient (Wildman–Crippen LogP) is 5.48. The minimum atomic E-state index is -4.74. The van der Waals surface area contributed by atoms with E-state index < -0.39 is 46.1 Å². The monoisotopic (exact) mass is 419 g/mol. The average molecular weight is 419 g/mol. The first-order valence-corrected chi connectivity index (χ1v) is 8.45. The third-order valence-corrected chi connectivity index (χ3v) is 4.92. The summed E-state index contributed by atoms with van der Waals surface area (Å²) in [6.45, 7) is 1.35. The van der Waals surface area contributed by atoms with Gasteiger partial charge in [-0.1, -0.05) is 12.1 Å². The summed E-state index contributed by atoms with van der Waals surface area (Å²) in [5, 5.41) is 1.62. The van der Waals surface area contributed by atoms with Crippen LogP contribution in [0.15, 0.2) is 30.3 Å². The van der Waals surface area contributed by atoms with Gasteiger partial charge in [0.25, 0.3) is 5.91 Å². The molecule has 3 rings (SSSR count). The van der Waals surface area contributed by atoms with E-state index in [1.54, 1.807) is 0 Å². The van der Waals surface area contributed by atoms with Crippen molar-refractivity contribution in [2.24, 2.45) is 0 Å². The summed E-state index contributed by atoms with van der Waals surface area (Å²) in [5.41, 5.74) is 2.66. The number of nitrogens with zero attached hydrogens (tertiary/aromatic N) is 1. The van der Waals surface area contributed by atoms with Gasteiger partial charge in [-0.3, -0.25) is 4.79 Å². The molecule has 0 saturated heterocycles. The van der Waals surface area contributed by atoms with Crippen molar-refractivity contribution >= 4 is 38.8 Å². The molecule has 0 aliphatic carbocycles. The van der Waals surface area contributed by atoms with E-state index in [-0.39, 0.29) is 15.4 Å². The molecule has 11 heteroatoms. The smallest absolute Gasteiger partial charge is 0.397 e. The number of aromatic nitrogens is 1. The van der Waals surface area contributed by atoms with Crippen molar-refractivity contribution in [3.63, 3.8) is 0 Å². The zero-order chi connectivity index (χ0) is 20.9. The van der Waals surface area contributed by atoms with Gasteiger partial charge in [0.1, 0.15) is 9.71 Å². The Hall–Kier alpha value is -2.82. The summed E-state index contributed by atoms with van der Waals surface area (Å²) < 4.78 is 79.1. The lowest BCUT2D eigenvalue weighted by molar-refractivity contribution is -0.137. The van der Waals surface area contributed by atoms with Crippen LogP contribution in [0.1, 0.15) is 26.5 Å². The number of carbonyl (C=O) groups excluding carboxylic acids is 1. The van der Waals surface area contributed by atoms with Crippen LogP contribution >= 0.6 is 11.3 Å². The van der Waals surface area contributed by atoms with Crippen LogP contribution in [-0.2, 0) is 12.4 Å². The Balaban J connectivity index is 2.09. The second-order valence-corrected chi connectivity index (χ2v) is 6.83. The van der Waals surface area contributed by atoms with Gasteiger partial charge in [0.2, 0.25) is 0 Å². The van der Waals surface area contributed by atoms with Crippen LogP contribution in [0.5, 0.6) is 0 Å². The van der Waals surface area contributed by atoms with Gasteiger partial charge in [0, 0.05) is 11.1 Å². The van der Waals surface area contributed by atoms with Gasteiger partial charge in [-0.2, -0.15) is 26.3 Å². The standard InChI is InChI=1S/C17H11F6N3OS/c1-7-6-9(17(21,22)23)11-12(24)13(28-15(11)25-7)14(27)26-10-5-3-2-4-8(10)16(18,19)20/h2-6H,24H2,1H3,(H,26,27). The molecule has 0 bridgehead atoms. The number of alkyl halides is 6. The molecule has 0 aliphatic rings. The summed E-state index contributed by atoms with van der Waals surface area (Å²) in [7, 11) is 0. The molecule has 1 amide bonds. The van der Waals surface area contributed by atoms with Crippen molar-refractivity contribution in [2.45, 2.75) is 19.3 Å². The zero-order valence-electron chi connectivity index (χ0n) is 14.0. The highest BCUT2D eigenvalue weighted by Gasteiger charge is 2.37. The highest BCUT2D eigenvalue weighted by atomic mass is 32.1. The van der Waals surface area contributed by atoms with E-state index in [1.807, 2.05) is 0 Å². The second kappa shape index (κ2) is 6.66. The summed E-state index contributed by atoms with van der Waals surface area (Å²) in [4.78, 5) is 16.0. The number of nitrogens with one attached hydrogen (secondary N) is 1. The molecule has 0 fully saturated rings. The van der Waals surface area contributed by atoms with E-state index in [9.17, 15) is 31.1 Å². The Bertz CT molecular complexity index is 1070. The quantitative estimate of drug-likeness (QED) is 0.541. The summed E-state index contributed by atoms with van der Waals surface area (Å²) in [5.74, 6) is -1.05. The Labute approximate surface area is 158 Å². The molecule has 148 valence electrons. The van der Waals surface area contributed by atoms with Crippen LogP contribution < -0.4 is 11.1 Å². The van der Waals surface area contributed by atoms with Crippen LogP contribution in [0.25, 0.3) is 10.2 Å². The molecule has 28 heavy (non-hydrogen) atoms. The number of hydrogen-bond donors (Lipinski definition) is 2. The Kier molecular flexibility index (Phi) is 4.74. The molecule has 0 aliphatic heterocycles. The van der Waals surface area contributed by atoms with Crippen molar-refractivity contribution in [1.82, 2.24) is 4.98 Å². The van der Waals surface area contributed by atoms with Gasteiger partial charge >= 0.3 is 12.4 Å². The van der Waals surface area contributed by atoms with E-state index in [1.165, 1.54) is 13.0 Å². The SMILES string of the molecule is Cc1cc(C(F)(F)F)c2c(N)c(C(=O)Nc3ccccc3C(F)(F)F)sc2n1. The topological polar surface area (TPSA) is 68.0 Å². The Morgan fingerprint density at radius 3 is 2.29 bits per heavy atom. The lowest BCUT2D eigenvalue weighted by Gasteiger charge is -2.13. The van der Waals surface area contributed by atoms with Gasteiger partial charge in [-0.25, -0.2) is 4.98 Å². The van der Waals surface area contributed by atoms with Crippen molar-refractivity contribution in [3.05, 3.63) is 52.0 Å². The molecule has 3 aromatic rings. The molecule has 0 atom stereocenters. The molecule has 0 unspecified atom stereocenters. The molecule has 4 nitrogen and oxygen atoms in total. The van der Waals surface area contributed by atoms with E-state index in [0.29, 0.717) is 11.3 Å². The zero-order valence-corrected chi connectivity index (χ0v) is 14.8. The van der Waals surface area contributed by atoms with Gasteiger partial charge in [0.15, 0.2) is 0 Å². The first-order valence-electron chi connectivity index (χ1n) is 7.64. The van der Waals surface area contributed by atoms with E-state index in [0.717, 1.165) is 24.3 Å². The molecule has 3 N–H and O–H groups in total. The number of amides is 1. The number of aryl methyl sites for hydroxylation is 1. The fourth-order valence-electron chi connectivity index (χ4n) is 2.65. The summed E-state index contributed by atoms with van der Waals surface area (Å²) in [6, 6.07) is 5.04. The lowest BCUT2D eigenvalue weighted by atomic mass is 10.1. The molecule has 1 aromatic carbocycles. The first kappa shape index (κ1) is 19.9. The number of fused-ring (bicyclic) bond motifs is 1. The normalized spacial score (nSPS) is 12.4. The molecule has 2 heterocycles. The minimum absolute atomic E-state index is 0.0652. The number of halogens is 6. The number of rotatable bonds is 2. The molecule has 0 radical (unpaired) electrons. The number of benzene rings is 1. The fourth-order valence-corrected chi connectivity index (χ4v) is 3.72. The number of carbonyl (C=O) groups is 1. The molecule has 0 spiro atoms. The van der Waals surface area contributed by atoms with E-state index >= 15 is 0 Å². The van der Waals surface area contributed by atoms with Crippen LogP contribution in [-0.4, -0.2) is 10.9 Å². The van der Waals surface area contributed by atoms with Crippen LogP contribution in [0.2, 0.25) is 0 Å². The first-order chi connectivity index (χ1) is 12.9. The lowest BCUT2D eigenvalue weighted by Crippen LogP contribution is -2.16. The van der Waals surface area contributed by atoms with E-state index in [2.05, 4.69) is 10.3 Å². The predicted molar refractivity (Wildman–Crippen MR) is 93.2 cm³/mol. The Morgan fingerprint density at radius 2 is 1.68 bits per heavy atom. The van der Waals surface area contributed by atoms with Crippen molar-refractivity contribution in [3.8, 4) is 0 Å². The maximum atomic E-state index is 13.3. The highest BCUT2D eigenvalue weighted by molar-refractivity contribution is 7.21. The van der Waals surface area contributed by atoms with Gasteiger partial charge in [0.05, 0.1) is 22.5 Å². The number of nitrogens with two attached hydrogens (primary N) is 1. The molecule has 0 saturated carbocycles. The number of hydrogen-bond acceptors (Lipinski definition) is 4. The number of nitrogen functional groups attached to an aromatic ring is 1. The summed E-state index contributed by atoms with van der Waals surface area (Å²) in [6.07, 6.45) is -9.46. The largest absolute Gasteiger partial charge is 0.418 e. The van der Waals surface area contributed by atoms with Crippen molar-refractivity contribution in [2.75, 3.05) is 11.1 Å². The maximum absolute atomic E-state index is 13.3. The molecular weight excluding hydrogens is 408 g/mol. The minimum Gasteiger partial charge on any atom is -0.397 e. The van der Waals surface area contributed by atoms with Crippen LogP contribution in [0.3, 0.4) is 0 Å². The number of para-hydroxylation sites is 1. The van der Waals surface area contributed by atoms with E-state index in [4.69, 9.17) is 5.73 Å². The number of pyridine rings is 1. The third kappa shape index (κ3) is 3.61. The highest BCUT2D eigenvalue weighted by Crippen LogP contribution is 2.42. The van der Waals surface area contributed by atoms with Crippen LogP contribution in [0, 0.1) is 6.92 Å². The number of thiophene rings is 1. The fraction of sp³-hybridized carbons (Fsp3) is 0.176. The van der Waals surface area contributed by atoms with Crippen molar-refractivity contribution in [1.29, 1.82) is 0 Å². The van der Waals surface area contributed by atoms with Gasteiger partial charge in [-0.15, -0.1) is 11.3 Å². The molecule has 2 aromatic heterocycles. The average Bonchev–Trinajstić information content (AvgIpc) is 2.89. The third-order valence-electron chi connectivity index (χ3n) is 3.82. The Morgan fingerprint density at radius 1 is 1.07 bits per heavy atom. The summed E-state index contributed by atoms with van der Waals surface area (Å²) >= 11 is 0.580. The maximum Gasteiger partial charge on any atom is 0.418 e. The van der Waals surface area contributed by atoms with Gasteiger partial charge < -0.3 is 11.1 Å². The van der Waals surface area contributed by atoms with Gasteiger partial charge in [-0.05, 0) is 25.1 Å². The number of anilines is 2. The second-order valence-electron chi connectivity index (χ2n) is 5.83.